The first kappa shape index (κ1) is 21.7. The van der Waals surface area contributed by atoms with Crippen LogP contribution >= 0.6 is 0 Å². The van der Waals surface area contributed by atoms with E-state index in [2.05, 4.69) is 10.5 Å². The molecule has 4 amide bonds. The number of ether oxygens (including phenoxy) is 1. The molecule has 9 heteroatoms. The number of fused-ring (bicyclic) bond motifs is 3. The monoisotopic (exact) mass is 454 g/mol. The van der Waals surface area contributed by atoms with Crippen molar-refractivity contribution in [2.45, 2.75) is 77.0 Å². The molecule has 3 fully saturated rings. The number of rotatable bonds is 3. The molecular formula is C24H30N4O5. The second kappa shape index (κ2) is 8.04. The van der Waals surface area contributed by atoms with Crippen LogP contribution in [0.4, 0.5) is 15.4 Å². The van der Waals surface area contributed by atoms with Crippen molar-refractivity contribution in [3.8, 4) is 0 Å². The SMILES string of the molecule is CC(C)(C)OC(=O)N1[C@@H]2CC[C@H]1CC(Cc1ccc3onc(N4CCC(=O)NC4=O)c3c1)C2. The lowest BCUT2D eigenvalue weighted by Crippen LogP contribution is -2.49. The number of nitrogens with zero attached hydrogens (tertiary/aromatic N) is 3. The minimum atomic E-state index is -0.488. The summed E-state index contributed by atoms with van der Waals surface area (Å²) < 4.78 is 11.1. The van der Waals surface area contributed by atoms with Crippen molar-refractivity contribution in [3.05, 3.63) is 23.8 Å². The van der Waals surface area contributed by atoms with Crippen LogP contribution in [0.5, 0.6) is 0 Å². The van der Waals surface area contributed by atoms with Gasteiger partial charge in [0.15, 0.2) is 11.4 Å². The Kier molecular flexibility index (Phi) is 5.29. The Balaban J connectivity index is 1.30. The second-order valence-corrected chi connectivity index (χ2v) is 10.4. The highest BCUT2D eigenvalue weighted by molar-refractivity contribution is 6.08. The second-order valence-electron chi connectivity index (χ2n) is 10.4. The van der Waals surface area contributed by atoms with Crippen LogP contribution in [0.2, 0.25) is 0 Å². The highest BCUT2D eigenvalue weighted by Gasteiger charge is 2.44. The molecule has 0 aliphatic carbocycles. The van der Waals surface area contributed by atoms with Crippen molar-refractivity contribution in [1.82, 2.24) is 15.4 Å². The van der Waals surface area contributed by atoms with Crippen LogP contribution in [0.25, 0.3) is 11.0 Å². The first-order valence-electron chi connectivity index (χ1n) is 11.7. The Morgan fingerprint density at radius 2 is 1.94 bits per heavy atom. The third-order valence-electron chi connectivity index (χ3n) is 6.78. The van der Waals surface area contributed by atoms with E-state index in [1.54, 1.807) is 0 Å². The Hall–Kier alpha value is -3.10. The number of urea groups is 1. The lowest BCUT2D eigenvalue weighted by molar-refractivity contribution is -0.120. The van der Waals surface area contributed by atoms with Crippen molar-refractivity contribution in [3.63, 3.8) is 0 Å². The van der Waals surface area contributed by atoms with Gasteiger partial charge in [-0.1, -0.05) is 11.2 Å². The molecule has 3 atom stereocenters. The van der Waals surface area contributed by atoms with Crippen molar-refractivity contribution >= 4 is 34.8 Å². The van der Waals surface area contributed by atoms with Gasteiger partial charge in [0, 0.05) is 25.0 Å². The third kappa shape index (κ3) is 4.28. The van der Waals surface area contributed by atoms with E-state index >= 15 is 0 Å². The molecule has 1 aromatic carbocycles. The van der Waals surface area contributed by atoms with Gasteiger partial charge in [-0.3, -0.25) is 15.0 Å². The number of nitrogens with one attached hydrogen (secondary N) is 1. The lowest BCUT2D eigenvalue weighted by atomic mass is 9.86. The van der Waals surface area contributed by atoms with Crippen LogP contribution in [-0.4, -0.2) is 52.3 Å². The maximum Gasteiger partial charge on any atom is 0.410 e. The molecule has 4 heterocycles. The van der Waals surface area contributed by atoms with E-state index < -0.39 is 11.6 Å². The summed E-state index contributed by atoms with van der Waals surface area (Å²) in [5.74, 6) is 0.631. The summed E-state index contributed by atoms with van der Waals surface area (Å²) in [5, 5.41) is 7.20. The Labute approximate surface area is 192 Å². The largest absolute Gasteiger partial charge is 0.444 e. The van der Waals surface area contributed by atoms with Gasteiger partial charge in [-0.05, 0) is 76.5 Å². The normalized spacial score (nSPS) is 25.5. The van der Waals surface area contributed by atoms with Crippen LogP contribution in [0.15, 0.2) is 22.7 Å². The summed E-state index contributed by atoms with van der Waals surface area (Å²) >= 11 is 0. The van der Waals surface area contributed by atoms with E-state index in [-0.39, 0.29) is 37.0 Å². The quantitative estimate of drug-likeness (QED) is 0.752. The van der Waals surface area contributed by atoms with Gasteiger partial charge in [0.2, 0.25) is 5.91 Å². The van der Waals surface area contributed by atoms with Gasteiger partial charge in [0.25, 0.3) is 0 Å². The minimum absolute atomic E-state index is 0.192. The van der Waals surface area contributed by atoms with Gasteiger partial charge in [-0.25, -0.2) is 9.59 Å². The number of amides is 4. The minimum Gasteiger partial charge on any atom is -0.444 e. The maximum absolute atomic E-state index is 12.7. The number of imide groups is 1. The summed E-state index contributed by atoms with van der Waals surface area (Å²) in [4.78, 5) is 39.9. The van der Waals surface area contributed by atoms with E-state index in [1.165, 1.54) is 4.90 Å². The van der Waals surface area contributed by atoms with Crippen LogP contribution in [0.1, 0.15) is 58.4 Å². The molecule has 3 aliphatic heterocycles. The smallest absolute Gasteiger partial charge is 0.410 e. The van der Waals surface area contributed by atoms with Crippen molar-refractivity contribution in [1.29, 1.82) is 0 Å². The molecule has 0 saturated carbocycles. The van der Waals surface area contributed by atoms with Crippen LogP contribution in [-0.2, 0) is 16.0 Å². The lowest BCUT2D eigenvalue weighted by Gasteiger charge is -2.39. The fourth-order valence-corrected chi connectivity index (χ4v) is 5.46. The van der Waals surface area contributed by atoms with Gasteiger partial charge in [-0.2, -0.15) is 0 Å². The first-order valence-corrected chi connectivity index (χ1v) is 11.7. The topological polar surface area (TPSA) is 105 Å². The van der Waals surface area contributed by atoms with Gasteiger partial charge in [-0.15, -0.1) is 0 Å². The molecule has 1 unspecified atom stereocenters. The molecule has 1 N–H and O–H groups in total. The van der Waals surface area contributed by atoms with Gasteiger partial charge in [0.1, 0.15) is 5.60 Å². The molecule has 1 aromatic heterocycles. The average Bonchev–Trinajstić information content (AvgIpc) is 3.25. The molecule has 33 heavy (non-hydrogen) atoms. The highest BCUT2D eigenvalue weighted by atomic mass is 16.6. The Bertz CT molecular complexity index is 1090. The number of piperidine rings is 1. The molecule has 2 bridgehead atoms. The summed E-state index contributed by atoms with van der Waals surface area (Å²) in [6.07, 6.45) is 4.90. The molecule has 9 nitrogen and oxygen atoms in total. The molecule has 176 valence electrons. The molecule has 0 radical (unpaired) electrons. The van der Waals surface area contributed by atoms with Crippen LogP contribution < -0.4 is 10.2 Å². The fraction of sp³-hybridized carbons (Fsp3) is 0.583. The average molecular weight is 455 g/mol. The van der Waals surface area contributed by atoms with Crippen molar-refractivity contribution < 1.29 is 23.6 Å². The number of anilines is 1. The molecule has 3 saturated heterocycles. The summed E-state index contributed by atoms with van der Waals surface area (Å²) in [6, 6.07) is 5.95. The standard InChI is InChI=1S/C24H30N4O5/c1-24(2,3)32-23(31)28-16-5-6-17(28)12-15(11-16)10-14-4-7-19-18(13-14)21(26-33-19)27-9-8-20(29)25-22(27)30/h4,7,13,15-17H,5-6,8-12H2,1-3H3,(H,25,29,30)/t15?,16-,17+. The van der Waals surface area contributed by atoms with Crippen molar-refractivity contribution in [2.24, 2.45) is 5.92 Å². The number of aromatic nitrogens is 1. The number of benzene rings is 1. The zero-order valence-electron chi connectivity index (χ0n) is 19.3. The fourth-order valence-electron chi connectivity index (χ4n) is 5.46. The van der Waals surface area contributed by atoms with Crippen molar-refractivity contribution in [2.75, 3.05) is 11.4 Å². The van der Waals surface area contributed by atoms with E-state index in [9.17, 15) is 14.4 Å². The summed E-state index contributed by atoms with van der Waals surface area (Å²) in [5.41, 5.74) is 1.27. The zero-order chi connectivity index (χ0) is 23.3. The molecule has 0 spiro atoms. The first-order chi connectivity index (χ1) is 15.7. The van der Waals surface area contributed by atoms with E-state index in [0.717, 1.165) is 43.1 Å². The summed E-state index contributed by atoms with van der Waals surface area (Å²) in [6.45, 7) is 5.99. The maximum atomic E-state index is 12.7. The number of carbonyl (C=O) groups excluding carboxylic acids is 3. The number of carbonyl (C=O) groups is 3. The van der Waals surface area contributed by atoms with E-state index in [1.807, 2.05) is 43.9 Å². The van der Waals surface area contributed by atoms with Crippen LogP contribution in [0.3, 0.4) is 0 Å². The van der Waals surface area contributed by atoms with Gasteiger partial charge < -0.3 is 14.2 Å². The van der Waals surface area contributed by atoms with Gasteiger partial charge in [0.05, 0.1) is 5.39 Å². The van der Waals surface area contributed by atoms with Gasteiger partial charge >= 0.3 is 12.1 Å². The molecular weight excluding hydrogens is 424 g/mol. The highest BCUT2D eigenvalue weighted by Crippen LogP contribution is 2.41. The number of hydrogen-bond donors (Lipinski definition) is 1. The molecule has 5 rings (SSSR count). The summed E-state index contributed by atoms with van der Waals surface area (Å²) in [7, 11) is 0. The Morgan fingerprint density at radius 1 is 1.21 bits per heavy atom. The molecule has 2 aromatic rings. The third-order valence-corrected chi connectivity index (χ3v) is 6.78. The number of hydrogen-bond acceptors (Lipinski definition) is 6. The predicted octanol–water partition coefficient (Wildman–Crippen LogP) is 3.99. The zero-order valence-corrected chi connectivity index (χ0v) is 19.3. The molecule has 3 aliphatic rings. The van der Waals surface area contributed by atoms with E-state index in [4.69, 9.17) is 9.26 Å². The van der Waals surface area contributed by atoms with E-state index in [0.29, 0.717) is 17.3 Å². The van der Waals surface area contributed by atoms with Crippen LogP contribution in [0, 0.1) is 5.92 Å². The Morgan fingerprint density at radius 3 is 2.61 bits per heavy atom. The predicted molar refractivity (Wildman–Crippen MR) is 121 cm³/mol.